The van der Waals surface area contributed by atoms with Gasteiger partial charge in [-0.2, -0.15) is 12.6 Å². The van der Waals surface area contributed by atoms with E-state index in [-0.39, 0.29) is 25.1 Å². The molecule has 3 rings (SSSR count). The van der Waals surface area contributed by atoms with E-state index in [0.717, 1.165) is 16.5 Å². The summed E-state index contributed by atoms with van der Waals surface area (Å²) in [5.74, 6) is -3.28. The van der Waals surface area contributed by atoms with Crippen molar-refractivity contribution in [3.05, 3.63) is 54.2 Å². The molecule has 13 heteroatoms. The number of para-hydroxylation sites is 1. The molecule has 186 valence electrons. The number of benzene rings is 1. The van der Waals surface area contributed by atoms with Gasteiger partial charge in [-0.25, -0.2) is 9.78 Å². The predicted molar refractivity (Wildman–Crippen MR) is 131 cm³/mol. The molecule has 1 aromatic carbocycles. The van der Waals surface area contributed by atoms with Crippen LogP contribution in [0.2, 0.25) is 0 Å². The van der Waals surface area contributed by atoms with Gasteiger partial charge < -0.3 is 36.8 Å². The molecule has 0 aliphatic rings. The number of carbonyl (C=O) groups excluding carboxylic acids is 3. The first-order valence-corrected chi connectivity index (χ1v) is 11.4. The highest BCUT2D eigenvalue weighted by molar-refractivity contribution is 7.80. The van der Waals surface area contributed by atoms with Crippen molar-refractivity contribution < 1.29 is 24.3 Å². The zero-order valence-electron chi connectivity index (χ0n) is 18.7. The van der Waals surface area contributed by atoms with Crippen molar-refractivity contribution >= 4 is 47.2 Å². The summed E-state index contributed by atoms with van der Waals surface area (Å²) in [6.07, 6.45) is 4.80. The van der Waals surface area contributed by atoms with E-state index in [4.69, 9.17) is 5.73 Å². The highest BCUT2D eigenvalue weighted by atomic mass is 32.1. The molecule has 2 aromatic heterocycles. The number of H-pyrrole nitrogens is 2. The van der Waals surface area contributed by atoms with Crippen LogP contribution in [0.15, 0.2) is 43.0 Å². The van der Waals surface area contributed by atoms with Gasteiger partial charge in [-0.15, -0.1) is 0 Å². The number of hydrogen-bond donors (Lipinski definition) is 8. The number of aliphatic carboxylic acids is 1. The maximum absolute atomic E-state index is 13.3. The minimum Gasteiger partial charge on any atom is -0.480 e. The van der Waals surface area contributed by atoms with Crippen molar-refractivity contribution in [2.45, 2.75) is 31.0 Å². The SMILES string of the molecule is NCC(=O)NC(Cc1c[nH]c2ccccc12)C(=O)NC(Cc1cnc[nH]1)C(=O)NC(CS)C(=O)O. The summed E-state index contributed by atoms with van der Waals surface area (Å²) in [5, 5.41) is 17.7. The molecule has 0 spiro atoms. The Morgan fingerprint density at radius 2 is 1.69 bits per heavy atom. The molecule has 35 heavy (non-hydrogen) atoms. The van der Waals surface area contributed by atoms with Crippen LogP contribution in [0.4, 0.5) is 0 Å². The van der Waals surface area contributed by atoms with Crippen molar-refractivity contribution in [1.82, 2.24) is 30.9 Å². The number of hydrogen-bond acceptors (Lipinski definition) is 7. The molecule has 0 bridgehead atoms. The Kier molecular flexibility index (Phi) is 8.86. The monoisotopic (exact) mass is 501 g/mol. The van der Waals surface area contributed by atoms with E-state index in [9.17, 15) is 24.3 Å². The molecule has 12 nitrogen and oxygen atoms in total. The van der Waals surface area contributed by atoms with Gasteiger partial charge in [0.05, 0.1) is 12.9 Å². The Bertz CT molecular complexity index is 1180. The molecule has 3 atom stereocenters. The van der Waals surface area contributed by atoms with Crippen molar-refractivity contribution in [1.29, 1.82) is 0 Å². The first-order chi connectivity index (χ1) is 16.8. The molecule has 3 aromatic rings. The summed E-state index contributed by atoms with van der Waals surface area (Å²) < 4.78 is 0. The van der Waals surface area contributed by atoms with Crippen LogP contribution in [0.3, 0.4) is 0 Å². The maximum atomic E-state index is 13.3. The summed E-state index contributed by atoms with van der Waals surface area (Å²) >= 11 is 3.96. The van der Waals surface area contributed by atoms with Gasteiger partial charge in [-0.3, -0.25) is 14.4 Å². The van der Waals surface area contributed by atoms with Crippen molar-refractivity contribution in [3.8, 4) is 0 Å². The predicted octanol–water partition coefficient (Wildman–Crippen LogP) is -0.896. The van der Waals surface area contributed by atoms with Crippen molar-refractivity contribution in [3.63, 3.8) is 0 Å². The lowest BCUT2D eigenvalue weighted by atomic mass is 10.0. The summed E-state index contributed by atoms with van der Waals surface area (Å²) in [6, 6.07) is 4.07. The fourth-order valence-corrected chi connectivity index (χ4v) is 3.79. The van der Waals surface area contributed by atoms with Crippen molar-refractivity contribution in [2.24, 2.45) is 5.73 Å². The van der Waals surface area contributed by atoms with Crippen LogP contribution < -0.4 is 21.7 Å². The van der Waals surface area contributed by atoms with Crippen LogP contribution >= 0.6 is 12.6 Å². The normalized spacial score (nSPS) is 13.5. The van der Waals surface area contributed by atoms with Crippen LogP contribution in [0.5, 0.6) is 0 Å². The number of nitrogens with two attached hydrogens (primary N) is 1. The zero-order chi connectivity index (χ0) is 25.4. The number of carboxylic acid groups (broad SMARTS) is 1. The minimum atomic E-state index is -1.26. The molecule has 3 unspecified atom stereocenters. The molecular formula is C22H27N7O5S. The second-order valence-electron chi connectivity index (χ2n) is 7.81. The smallest absolute Gasteiger partial charge is 0.327 e. The van der Waals surface area contributed by atoms with E-state index in [2.05, 4.69) is 43.5 Å². The van der Waals surface area contributed by atoms with E-state index in [0.29, 0.717) is 5.69 Å². The van der Waals surface area contributed by atoms with Gasteiger partial charge in [0.2, 0.25) is 17.7 Å². The van der Waals surface area contributed by atoms with Gasteiger partial charge >= 0.3 is 5.97 Å². The Hall–Kier alpha value is -3.84. The second kappa shape index (κ2) is 12.0. The van der Waals surface area contributed by atoms with E-state index in [1.54, 1.807) is 6.20 Å². The minimum absolute atomic E-state index is 0.0150. The van der Waals surface area contributed by atoms with Gasteiger partial charge in [0.25, 0.3) is 0 Å². The first-order valence-electron chi connectivity index (χ1n) is 10.8. The van der Waals surface area contributed by atoms with E-state index in [1.807, 2.05) is 24.3 Å². The van der Waals surface area contributed by atoms with Gasteiger partial charge in [-0.05, 0) is 11.6 Å². The Morgan fingerprint density at radius 1 is 1.00 bits per heavy atom. The number of fused-ring (bicyclic) bond motifs is 1. The molecule has 0 radical (unpaired) electrons. The van der Waals surface area contributed by atoms with Gasteiger partial charge in [0, 0.05) is 47.6 Å². The first kappa shape index (κ1) is 25.8. The summed E-state index contributed by atoms with van der Waals surface area (Å²) in [5.41, 5.74) is 7.63. The number of amides is 3. The molecule has 0 aliphatic heterocycles. The van der Waals surface area contributed by atoms with Gasteiger partial charge in [0.1, 0.15) is 18.1 Å². The van der Waals surface area contributed by atoms with Crippen LogP contribution in [-0.2, 0) is 32.0 Å². The summed E-state index contributed by atoms with van der Waals surface area (Å²) in [6.45, 7) is -0.321. The van der Waals surface area contributed by atoms with Crippen LogP contribution in [0, 0.1) is 0 Å². The average molecular weight is 502 g/mol. The summed E-state index contributed by atoms with van der Waals surface area (Å²) in [7, 11) is 0. The average Bonchev–Trinajstić information content (AvgIpc) is 3.51. The third-order valence-electron chi connectivity index (χ3n) is 5.35. The fraction of sp³-hybridized carbons (Fsp3) is 0.318. The highest BCUT2D eigenvalue weighted by Gasteiger charge is 2.30. The molecule has 0 fully saturated rings. The number of nitrogens with one attached hydrogen (secondary N) is 5. The number of imidazole rings is 1. The quantitative estimate of drug-likeness (QED) is 0.147. The largest absolute Gasteiger partial charge is 0.480 e. The topological polar surface area (TPSA) is 195 Å². The lowest BCUT2D eigenvalue weighted by Gasteiger charge is -2.24. The molecular weight excluding hydrogens is 474 g/mol. The number of carboxylic acids is 1. The highest BCUT2D eigenvalue weighted by Crippen LogP contribution is 2.19. The molecule has 3 amide bonds. The number of thiol groups is 1. The third-order valence-corrected chi connectivity index (χ3v) is 5.71. The number of rotatable bonds is 12. The Labute approximate surface area is 205 Å². The zero-order valence-corrected chi connectivity index (χ0v) is 19.5. The number of carbonyl (C=O) groups is 4. The third kappa shape index (κ3) is 6.83. The second-order valence-corrected chi connectivity index (χ2v) is 8.18. The molecule has 8 N–H and O–H groups in total. The standard InChI is InChI=1S/C22H27N7O5S/c23-7-19(30)27-16(5-12-8-25-15-4-2-1-3-14(12)15)20(31)28-17(6-13-9-24-11-26-13)21(32)29-18(10-35)22(33)34/h1-4,8-9,11,16-18,25,35H,5-7,10,23H2,(H,24,26)(H,27,30)(H,28,31)(H,29,32)(H,33,34). The van der Waals surface area contributed by atoms with Gasteiger partial charge in [-0.1, -0.05) is 18.2 Å². The van der Waals surface area contributed by atoms with Crippen molar-refractivity contribution in [2.75, 3.05) is 12.3 Å². The van der Waals surface area contributed by atoms with E-state index >= 15 is 0 Å². The molecule has 0 saturated carbocycles. The van der Waals surface area contributed by atoms with E-state index in [1.165, 1.54) is 12.5 Å². The number of aromatic amines is 2. The lowest BCUT2D eigenvalue weighted by molar-refractivity contribution is -0.141. The number of nitrogens with zero attached hydrogens (tertiary/aromatic N) is 1. The molecule has 0 saturated heterocycles. The van der Waals surface area contributed by atoms with Crippen LogP contribution in [-0.4, -0.2) is 74.2 Å². The van der Waals surface area contributed by atoms with Crippen LogP contribution in [0.1, 0.15) is 11.3 Å². The Balaban J connectivity index is 1.82. The Morgan fingerprint density at radius 3 is 2.31 bits per heavy atom. The fourth-order valence-electron chi connectivity index (χ4n) is 3.54. The molecule has 0 aliphatic carbocycles. The molecule has 2 heterocycles. The van der Waals surface area contributed by atoms with E-state index < -0.39 is 41.8 Å². The summed E-state index contributed by atoms with van der Waals surface area (Å²) in [4.78, 5) is 59.5. The van der Waals surface area contributed by atoms with Crippen LogP contribution in [0.25, 0.3) is 10.9 Å². The lowest BCUT2D eigenvalue weighted by Crippen LogP contribution is -2.57. The number of aromatic nitrogens is 3. The van der Waals surface area contributed by atoms with Gasteiger partial charge in [0.15, 0.2) is 0 Å². The maximum Gasteiger partial charge on any atom is 0.327 e.